The number of rotatable bonds is 7. The van der Waals surface area contributed by atoms with Crippen LogP contribution in [0.1, 0.15) is 23.9 Å². The van der Waals surface area contributed by atoms with Gasteiger partial charge in [-0.3, -0.25) is 0 Å². The van der Waals surface area contributed by atoms with Gasteiger partial charge in [0.2, 0.25) is 10.0 Å². The Balaban J connectivity index is 2.50. The fourth-order valence-corrected chi connectivity index (χ4v) is 2.31. The number of hydrogen-bond acceptors (Lipinski definition) is 5. The molecule has 17 heavy (non-hydrogen) atoms. The highest BCUT2D eigenvalue weighted by atomic mass is 32.2. The van der Waals surface area contributed by atoms with Crippen LogP contribution in [0, 0.1) is 13.8 Å². The molecule has 1 aromatic heterocycles. The molecule has 1 heterocycles. The Labute approximate surface area is 102 Å². The average Bonchev–Trinajstić information content (AvgIpc) is 2.56. The molecule has 7 heteroatoms. The molecule has 0 aliphatic carbocycles. The van der Waals surface area contributed by atoms with Gasteiger partial charge in [-0.1, -0.05) is 12.1 Å². The van der Waals surface area contributed by atoms with Crippen molar-refractivity contribution >= 4 is 10.0 Å². The minimum absolute atomic E-state index is 0.0736. The SMILES string of the molecule is CCNCCS(=O)(=O)NCc1c(C)noc1C. The Hall–Kier alpha value is -0.920. The van der Waals surface area contributed by atoms with E-state index in [2.05, 4.69) is 15.2 Å². The number of nitrogens with zero attached hydrogens (tertiary/aromatic N) is 1. The molecule has 0 aliphatic heterocycles. The van der Waals surface area contributed by atoms with Crippen LogP contribution in [0.5, 0.6) is 0 Å². The van der Waals surface area contributed by atoms with E-state index >= 15 is 0 Å². The van der Waals surface area contributed by atoms with Crippen molar-refractivity contribution < 1.29 is 12.9 Å². The molecule has 0 bridgehead atoms. The maximum Gasteiger partial charge on any atom is 0.213 e. The second kappa shape index (κ2) is 6.13. The minimum Gasteiger partial charge on any atom is -0.361 e. The van der Waals surface area contributed by atoms with Gasteiger partial charge in [-0.15, -0.1) is 0 Å². The van der Waals surface area contributed by atoms with E-state index in [4.69, 9.17) is 4.52 Å². The molecule has 0 unspecified atom stereocenters. The lowest BCUT2D eigenvalue weighted by molar-refractivity contribution is 0.392. The monoisotopic (exact) mass is 261 g/mol. The van der Waals surface area contributed by atoms with Crippen molar-refractivity contribution in [2.45, 2.75) is 27.3 Å². The van der Waals surface area contributed by atoms with Gasteiger partial charge in [0.15, 0.2) is 0 Å². The van der Waals surface area contributed by atoms with Gasteiger partial charge in [-0.05, 0) is 20.4 Å². The molecule has 1 aromatic rings. The zero-order valence-corrected chi connectivity index (χ0v) is 11.2. The highest BCUT2D eigenvalue weighted by Gasteiger charge is 2.13. The summed E-state index contributed by atoms with van der Waals surface area (Å²) in [6, 6.07) is 0. The lowest BCUT2D eigenvalue weighted by Gasteiger charge is -2.06. The van der Waals surface area contributed by atoms with Crippen LogP contribution in [0.4, 0.5) is 0 Å². The van der Waals surface area contributed by atoms with E-state index < -0.39 is 10.0 Å². The van der Waals surface area contributed by atoms with Crippen LogP contribution in [0.15, 0.2) is 4.52 Å². The zero-order chi connectivity index (χ0) is 12.9. The highest BCUT2D eigenvalue weighted by Crippen LogP contribution is 2.11. The van der Waals surface area contributed by atoms with E-state index in [0.717, 1.165) is 17.8 Å². The third-order valence-corrected chi connectivity index (χ3v) is 3.77. The van der Waals surface area contributed by atoms with E-state index in [1.807, 2.05) is 6.92 Å². The summed E-state index contributed by atoms with van der Waals surface area (Å²) in [4.78, 5) is 0. The summed E-state index contributed by atoms with van der Waals surface area (Å²) in [6.45, 7) is 6.94. The standard InChI is InChI=1S/C10H19N3O3S/c1-4-11-5-6-17(14,15)12-7-10-8(2)13-16-9(10)3/h11-12H,4-7H2,1-3H3. The molecular weight excluding hydrogens is 242 g/mol. The van der Waals surface area contributed by atoms with Gasteiger partial charge < -0.3 is 9.84 Å². The van der Waals surface area contributed by atoms with Crippen LogP contribution in [0.3, 0.4) is 0 Å². The largest absolute Gasteiger partial charge is 0.361 e. The summed E-state index contributed by atoms with van der Waals surface area (Å²) in [5.74, 6) is 0.724. The first-order valence-electron chi connectivity index (χ1n) is 5.56. The minimum atomic E-state index is -3.25. The van der Waals surface area contributed by atoms with Crippen molar-refractivity contribution in [2.75, 3.05) is 18.8 Å². The molecule has 0 aromatic carbocycles. The fraction of sp³-hybridized carbons (Fsp3) is 0.700. The first kappa shape index (κ1) is 14.1. The molecule has 1 rings (SSSR count). The Morgan fingerprint density at radius 3 is 2.59 bits per heavy atom. The first-order chi connectivity index (χ1) is 7.96. The van der Waals surface area contributed by atoms with Crippen molar-refractivity contribution in [2.24, 2.45) is 0 Å². The van der Waals surface area contributed by atoms with Gasteiger partial charge >= 0.3 is 0 Å². The quantitative estimate of drug-likeness (QED) is 0.691. The Morgan fingerprint density at radius 2 is 2.06 bits per heavy atom. The lowest BCUT2D eigenvalue weighted by Crippen LogP contribution is -2.31. The third-order valence-electron chi connectivity index (χ3n) is 2.45. The second-order valence-corrected chi connectivity index (χ2v) is 5.72. The molecule has 98 valence electrons. The van der Waals surface area contributed by atoms with Crippen LogP contribution >= 0.6 is 0 Å². The Morgan fingerprint density at radius 1 is 1.35 bits per heavy atom. The van der Waals surface area contributed by atoms with Crippen molar-refractivity contribution in [1.29, 1.82) is 0 Å². The summed E-state index contributed by atoms with van der Waals surface area (Å²) < 4.78 is 30.7. The normalized spacial score (nSPS) is 11.9. The van der Waals surface area contributed by atoms with E-state index in [9.17, 15) is 8.42 Å². The van der Waals surface area contributed by atoms with E-state index in [1.165, 1.54) is 0 Å². The fourth-order valence-electron chi connectivity index (χ4n) is 1.39. The van der Waals surface area contributed by atoms with E-state index in [1.54, 1.807) is 13.8 Å². The smallest absolute Gasteiger partial charge is 0.213 e. The molecule has 0 saturated carbocycles. The summed E-state index contributed by atoms with van der Waals surface area (Å²) in [6.07, 6.45) is 0. The predicted molar refractivity (Wildman–Crippen MR) is 65.1 cm³/mol. The van der Waals surface area contributed by atoms with Crippen LogP contribution in [0.25, 0.3) is 0 Å². The molecular formula is C10H19N3O3S. The predicted octanol–water partition coefficient (Wildman–Crippen LogP) is 0.320. The molecule has 2 N–H and O–H groups in total. The van der Waals surface area contributed by atoms with Gasteiger partial charge in [0.1, 0.15) is 5.76 Å². The molecule has 0 atom stereocenters. The highest BCUT2D eigenvalue weighted by molar-refractivity contribution is 7.89. The Bertz CT molecular complexity index is 434. The molecule has 6 nitrogen and oxygen atoms in total. The van der Waals surface area contributed by atoms with E-state index in [0.29, 0.717) is 12.3 Å². The molecule has 0 aliphatic rings. The average molecular weight is 261 g/mol. The summed E-state index contributed by atoms with van der Waals surface area (Å²) in [5, 5.41) is 6.74. The molecule has 0 spiro atoms. The summed E-state index contributed by atoms with van der Waals surface area (Å²) >= 11 is 0. The van der Waals surface area contributed by atoms with Crippen molar-refractivity contribution in [3.05, 3.63) is 17.0 Å². The Kier molecular flexibility index (Phi) is 5.10. The number of aromatic nitrogens is 1. The summed E-state index contributed by atoms with van der Waals surface area (Å²) in [5.41, 5.74) is 1.52. The van der Waals surface area contributed by atoms with E-state index in [-0.39, 0.29) is 12.3 Å². The zero-order valence-electron chi connectivity index (χ0n) is 10.4. The summed E-state index contributed by atoms with van der Waals surface area (Å²) in [7, 11) is -3.25. The third kappa shape index (κ3) is 4.45. The van der Waals surface area contributed by atoms with Crippen molar-refractivity contribution in [3.8, 4) is 0 Å². The van der Waals surface area contributed by atoms with Crippen molar-refractivity contribution in [3.63, 3.8) is 0 Å². The first-order valence-corrected chi connectivity index (χ1v) is 7.21. The van der Waals surface area contributed by atoms with Gasteiger partial charge in [-0.25, -0.2) is 13.1 Å². The molecule has 0 saturated heterocycles. The van der Waals surface area contributed by atoms with Crippen LogP contribution in [-0.2, 0) is 16.6 Å². The number of hydrogen-bond donors (Lipinski definition) is 2. The molecule has 0 fully saturated rings. The number of sulfonamides is 1. The van der Waals surface area contributed by atoms with Crippen LogP contribution < -0.4 is 10.0 Å². The lowest BCUT2D eigenvalue weighted by atomic mass is 10.2. The van der Waals surface area contributed by atoms with Gasteiger partial charge in [-0.2, -0.15) is 0 Å². The van der Waals surface area contributed by atoms with Gasteiger partial charge in [0.25, 0.3) is 0 Å². The van der Waals surface area contributed by atoms with Crippen LogP contribution in [0.2, 0.25) is 0 Å². The maximum atomic E-state index is 11.6. The number of nitrogens with one attached hydrogen (secondary N) is 2. The second-order valence-electron chi connectivity index (χ2n) is 3.80. The topological polar surface area (TPSA) is 84.2 Å². The van der Waals surface area contributed by atoms with Crippen LogP contribution in [-0.4, -0.2) is 32.4 Å². The molecule has 0 radical (unpaired) electrons. The maximum absolute atomic E-state index is 11.6. The van der Waals surface area contributed by atoms with Gasteiger partial charge in [0.05, 0.1) is 11.4 Å². The molecule has 0 amide bonds. The van der Waals surface area contributed by atoms with Crippen molar-refractivity contribution in [1.82, 2.24) is 15.2 Å². The van der Waals surface area contributed by atoms with Gasteiger partial charge in [0, 0.05) is 18.7 Å². The number of aryl methyl sites for hydroxylation is 2.